The molecule has 0 spiro atoms. The number of non-ortho nitro benzene ring substituents is 1. The normalized spacial score (nSPS) is 21.6. The van der Waals surface area contributed by atoms with Gasteiger partial charge in [0.25, 0.3) is 5.69 Å². The van der Waals surface area contributed by atoms with Crippen LogP contribution in [0.5, 0.6) is 0 Å². The standard InChI is InChI=1S/C14H16N4O4/c19-13(20)8-1-3-9(4-2-8)15-14-16-11-6-5-10(18(21)22)7-12(11)17-14/h5-9H,1-4H2,(H,19,20)(H2,15,16,17). The number of nitro groups is 1. The Hall–Kier alpha value is -2.64. The van der Waals surface area contributed by atoms with Crippen LogP contribution < -0.4 is 5.32 Å². The monoisotopic (exact) mass is 304 g/mol. The average molecular weight is 304 g/mol. The smallest absolute Gasteiger partial charge is 0.306 e. The van der Waals surface area contributed by atoms with Gasteiger partial charge in [0, 0.05) is 18.2 Å². The van der Waals surface area contributed by atoms with Crippen molar-refractivity contribution < 1.29 is 14.8 Å². The van der Waals surface area contributed by atoms with Gasteiger partial charge in [-0.15, -0.1) is 0 Å². The van der Waals surface area contributed by atoms with Gasteiger partial charge in [0.05, 0.1) is 21.9 Å². The van der Waals surface area contributed by atoms with Crippen molar-refractivity contribution in [2.75, 3.05) is 5.32 Å². The summed E-state index contributed by atoms with van der Waals surface area (Å²) in [4.78, 5) is 28.6. The number of hydrogen-bond acceptors (Lipinski definition) is 5. The van der Waals surface area contributed by atoms with E-state index in [1.165, 1.54) is 12.1 Å². The first-order valence-electron chi connectivity index (χ1n) is 7.16. The summed E-state index contributed by atoms with van der Waals surface area (Å²) in [5.74, 6) is -0.417. The lowest BCUT2D eigenvalue weighted by molar-refractivity contribution is -0.384. The predicted octanol–water partition coefficient (Wildman–Crippen LogP) is 2.53. The highest BCUT2D eigenvalue weighted by Gasteiger charge is 2.26. The highest BCUT2D eigenvalue weighted by Crippen LogP contribution is 2.27. The fourth-order valence-electron chi connectivity index (χ4n) is 2.86. The lowest BCUT2D eigenvalue weighted by atomic mass is 9.86. The van der Waals surface area contributed by atoms with Gasteiger partial charge in [0.1, 0.15) is 0 Å². The minimum atomic E-state index is -0.727. The molecule has 1 saturated carbocycles. The van der Waals surface area contributed by atoms with Crippen molar-refractivity contribution in [3.05, 3.63) is 28.3 Å². The van der Waals surface area contributed by atoms with E-state index in [2.05, 4.69) is 15.3 Å². The Balaban J connectivity index is 1.69. The molecule has 0 amide bonds. The summed E-state index contributed by atoms with van der Waals surface area (Å²) in [6.45, 7) is 0. The Morgan fingerprint density at radius 2 is 2.09 bits per heavy atom. The van der Waals surface area contributed by atoms with Gasteiger partial charge in [0.15, 0.2) is 0 Å². The molecule has 2 aromatic rings. The second-order valence-corrected chi connectivity index (χ2v) is 5.58. The molecule has 3 rings (SSSR count). The second-order valence-electron chi connectivity index (χ2n) is 5.58. The number of carboxylic acid groups (broad SMARTS) is 1. The van der Waals surface area contributed by atoms with Gasteiger partial charge in [-0.2, -0.15) is 0 Å². The van der Waals surface area contributed by atoms with Crippen LogP contribution in [0.3, 0.4) is 0 Å². The zero-order chi connectivity index (χ0) is 15.7. The molecule has 22 heavy (non-hydrogen) atoms. The fourth-order valence-corrected chi connectivity index (χ4v) is 2.86. The molecule has 1 aromatic heterocycles. The van der Waals surface area contributed by atoms with Gasteiger partial charge >= 0.3 is 5.97 Å². The Bertz CT molecular complexity index is 719. The Kier molecular flexibility index (Phi) is 3.66. The minimum Gasteiger partial charge on any atom is -0.481 e. The number of fused-ring (bicyclic) bond motifs is 1. The zero-order valence-corrected chi connectivity index (χ0v) is 11.8. The predicted molar refractivity (Wildman–Crippen MR) is 79.8 cm³/mol. The van der Waals surface area contributed by atoms with Crippen LogP contribution in [-0.2, 0) is 4.79 Å². The van der Waals surface area contributed by atoms with Crippen LogP contribution in [0.25, 0.3) is 11.0 Å². The molecule has 0 atom stereocenters. The maximum absolute atomic E-state index is 10.9. The lowest BCUT2D eigenvalue weighted by Crippen LogP contribution is -2.29. The number of carboxylic acids is 1. The molecule has 0 bridgehead atoms. The number of aliphatic carboxylic acids is 1. The maximum Gasteiger partial charge on any atom is 0.306 e. The average Bonchev–Trinajstić information content (AvgIpc) is 2.88. The molecule has 0 radical (unpaired) electrons. The highest BCUT2D eigenvalue weighted by atomic mass is 16.6. The van der Waals surface area contributed by atoms with Crippen LogP contribution >= 0.6 is 0 Å². The molecule has 1 aliphatic carbocycles. The van der Waals surface area contributed by atoms with Crippen molar-refractivity contribution in [1.29, 1.82) is 0 Å². The van der Waals surface area contributed by atoms with Crippen LogP contribution in [0.2, 0.25) is 0 Å². The van der Waals surface area contributed by atoms with Gasteiger partial charge in [-0.3, -0.25) is 14.9 Å². The molecule has 116 valence electrons. The number of nitro benzene ring substituents is 1. The topological polar surface area (TPSA) is 121 Å². The molecule has 0 aliphatic heterocycles. The molecule has 8 heteroatoms. The van der Waals surface area contributed by atoms with E-state index < -0.39 is 10.9 Å². The molecular weight excluding hydrogens is 288 g/mol. The van der Waals surface area contributed by atoms with Crippen LogP contribution in [-0.4, -0.2) is 32.0 Å². The van der Waals surface area contributed by atoms with Crippen molar-refractivity contribution in [1.82, 2.24) is 9.97 Å². The van der Waals surface area contributed by atoms with Crippen LogP contribution in [0, 0.1) is 16.0 Å². The number of carbonyl (C=O) groups is 1. The highest BCUT2D eigenvalue weighted by molar-refractivity contribution is 5.80. The molecule has 1 heterocycles. The van der Waals surface area contributed by atoms with Crippen LogP contribution in [0.1, 0.15) is 25.7 Å². The second kappa shape index (κ2) is 5.63. The van der Waals surface area contributed by atoms with E-state index in [-0.39, 0.29) is 17.6 Å². The summed E-state index contributed by atoms with van der Waals surface area (Å²) in [5, 5.41) is 23.0. The van der Waals surface area contributed by atoms with Gasteiger partial charge in [0.2, 0.25) is 5.95 Å². The van der Waals surface area contributed by atoms with E-state index in [0.29, 0.717) is 29.8 Å². The van der Waals surface area contributed by atoms with Crippen molar-refractivity contribution in [3.63, 3.8) is 0 Å². The summed E-state index contributed by atoms with van der Waals surface area (Å²) >= 11 is 0. The summed E-state index contributed by atoms with van der Waals surface area (Å²) in [6.07, 6.45) is 2.85. The number of aromatic amines is 1. The van der Waals surface area contributed by atoms with Gasteiger partial charge in [-0.1, -0.05) is 0 Å². The number of nitrogens with one attached hydrogen (secondary N) is 2. The first kappa shape index (κ1) is 14.3. The lowest BCUT2D eigenvalue weighted by Gasteiger charge is -2.26. The Morgan fingerprint density at radius 1 is 1.36 bits per heavy atom. The number of benzene rings is 1. The maximum atomic E-state index is 10.9. The van der Waals surface area contributed by atoms with Gasteiger partial charge < -0.3 is 15.4 Å². The summed E-state index contributed by atoms with van der Waals surface area (Å²) < 4.78 is 0. The minimum absolute atomic E-state index is 0.0182. The third-order valence-corrected chi connectivity index (χ3v) is 4.09. The first-order valence-corrected chi connectivity index (χ1v) is 7.16. The van der Waals surface area contributed by atoms with Crippen LogP contribution in [0.15, 0.2) is 18.2 Å². The molecule has 0 saturated heterocycles. The van der Waals surface area contributed by atoms with Gasteiger partial charge in [-0.05, 0) is 31.7 Å². The summed E-state index contributed by atoms with van der Waals surface area (Å²) in [7, 11) is 0. The van der Waals surface area contributed by atoms with Crippen LogP contribution in [0.4, 0.5) is 11.6 Å². The zero-order valence-electron chi connectivity index (χ0n) is 11.8. The number of hydrogen-bond donors (Lipinski definition) is 3. The molecular formula is C14H16N4O4. The number of imidazole rings is 1. The molecule has 1 fully saturated rings. The molecule has 1 aliphatic rings. The van der Waals surface area contributed by atoms with E-state index in [1.54, 1.807) is 6.07 Å². The number of anilines is 1. The van der Waals surface area contributed by atoms with Crippen molar-refractivity contribution in [2.24, 2.45) is 5.92 Å². The van der Waals surface area contributed by atoms with E-state index in [9.17, 15) is 14.9 Å². The third-order valence-electron chi connectivity index (χ3n) is 4.09. The molecule has 3 N–H and O–H groups in total. The Labute approximate surface area is 125 Å². The fraction of sp³-hybridized carbons (Fsp3) is 0.429. The molecule has 0 unspecified atom stereocenters. The Morgan fingerprint density at radius 3 is 2.73 bits per heavy atom. The first-order chi connectivity index (χ1) is 10.5. The molecule has 8 nitrogen and oxygen atoms in total. The third kappa shape index (κ3) is 2.85. The SMILES string of the molecule is O=C(O)C1CCC(Nc2nc3ccc([N+](=O)[O-])cc3[nH]2)CC1. The summed E-state index contributed by atoms with van der Waals surface area (Å²) in [6, 6.07) is 4.65. The van der Waals surface area contributed by atoms with Crippen molar-refractivity contribution in [2.45, 2.75) is 31.7 Å². The van der Waals surface area contributed by atoms with E-state index in [1.807, 2.05) is 0 Å². The number of H-pyrrole nitrogens is 1. The molecule has 1 aromatic carbocycles. The van der Waals surface area contributed by atoms with E-state index >= 15 is 0 Å². The summed E-state index contributed by atoms with van der Waals surface area (Å²) in [5.41, 5.74) is 1.29. The van der Waals surface area contributed by atoms with E-state index in [0.717, 1.165) is 12.8 Å². The van der Waals surface area contributed by atoms with Gasteiger partial charge in [-0.25, -0.2) is 4.98 Å². The van der Waals surface area contributed by atoms with Crippen molar-refractivity contribution >= 4 is 28.6 Å². The number of nitrogens with zero attached hydrogens (tertiary/aromatic N) is 2. The number of aromatic nitrogens is 2. The van der Waals surface area contributed by atoms with Crippen molar-refractivity contribution in [3.8, 4) is 0 Å². The van der Waals surface area contributed by atoms with E-state index in [4.69, 9.17) is 5.11 Å². The largest absolute Gasteiger partial charge is 0.481 e. The quantitative estimate of drug-likeness (QED) is 0.589. The number of rotatable bonds is 4.